The summed E-state index contributed by atoms with van der Waals surface area (Å²) >= 11 is 0. The molecule has 0 spiro atoms. The Kier molecular flexibility index (Phi) is 26.1. The molecule has 0 saturated carbocycles. The zero-order chi connectivity index (χ0) is 13.3. The molecule has 0 bridgehead atoms. The van der Waals surface area contributed by atoms with Crippen molar-refractivity contribution in [2.75, 3.05) is 11.5 Å². The van der Waals surface area contributed by atoms with Crippen LogP contribution >= 0.6 is 21.6 Å². The van der Waals surface area contributed by atoms with Gasteiger partial charge in [-0.15, -0.1) is 0 Å². The quantitative estimate of drug-likeness (QED) is 0.180. The minimum absolute atomic E-state index is 0. The third-order valence-corrected chi connectivity index (χ3v) is 5.82. The fourth-order valence-corrected chi connectivity index (χ4v) is 4.29. The summed E-state index contributed by atoms with van der Waals surface area (Å²) in [7, 11) is 4.20. The Morgan fingerprint density at radius 2 is 0.789 bits per heavy atom. The predicted molar refractivity (Wildman–Crippen MR) is 100 cm³/mol. The third-order valence-electron chi connectivity index (χ3n) is 3.25. The van der Waals surface area contributed by atoms with Gasteiger partial charge in [-0.2, -0.15) is 0 Å². The van der Waals surface area contributed by atoms with Crippen LogP contribution in [0.25, 0.3) is 0 Å². The molecule has 0 aliphatic carbocycles. The van der Waals surface area contributed by atoms with E-state index in [2.05, 4.69) is 35.4 Å². The van der Waals surface area contributed by atoms with Crippen LogP contribution in [0.15, 0.2) is 0 Å². The van der Waals surface area contributed by atoms with Gasteiger partial charge in [0.2, 0.25) is 0 Å². The van der Waals surface area contributed by atoms with Crippen LogP contribution in [-0.4, -0.2) is 35.4 Å². The first kappa shape index (κ1) is 22.8. The average molecular weight is 411 g/mol. The molecular formula is C16H36S2Sn. The van der Waals surface area contributed by atoms with E-state index in [1.165, 1.54) is 88.6 Å². The monoisotopic (exact) mass is 412 g/mol. The van der Waals surface area contributed by atoms with Crippen molar-refractivity contribution in [1.82, 2.24) is 0 Å². The van der Waals surface area contributed by atoms with Crippen LogP contribution in [0.4, 0.5) is 0 Å². The molecule has 0 nitrogen and oxygen atoms in total. The molecule has 2 radical (unpaired) electrons. The van der Waals surface area contributed by atoms with Gasteiger partial charge in [0.15, 0.2) is 0 Å². The van der Waals surface area contributed by atoms with E-state index in [0.29, 0.717) is 0 Å². The van der Waals surface area contributed by atoms with E-state index in [4.69, 9.17) is 0 Å². The van der Waals surface area contributed by atoms with Crippen LogP contribution < -0.4 is 0 Å². The van der Waals surface area contributed by atoms with Crippen LogP contribution in [0.2, 0.25) is 0 Å². The maximum atomic E-state index is 2.29. The van der Waals surface area contributed by atoms with Gasteiger partial charge in [0.25, 0.3) is 0 Å². The van der Waals surface area contributed by atoms with Crippen molar-refractivity contribution in [1.29, 1.82) is 0 Å². The molecule has 0 atom stereocenters. The summed E-state index contributed by atoms with van der Waals surface area (Å²) in [5.74, 6) is 2.74. The van der Waals surface area contributed by atoms with Gasteiger partial charge in [-0.3, -0.25) is 0 Å². The average Bonchev–Trinajstić information content (AvgIpc) is 2.39. The first-order chi connectivity index (χ1) is 8.91. The third kappa shape index (κ3) is 21.9. The molecule has 0 aromatic rings. The summed E-state index contributed by atoms with van der Waals surface area (Å²) in [5.41, 5.74) is 0. The van der Waals surface area contributed by atoms with E-state index in [9.17, 15) is 0 Å². The summed E-state index contributed by atoms with van der Waals surface area (Å²) in [5, 5.41) is 0. The first-order valence-corrected chi connectivity index (χ1v) is 10.6. The summed E-state index contributed by atoms with van der Waals surface area (Å²) < 4.78 is 0. The van der Waals surface area contributed by atoms with Crippen LogP contribution in [0.3, 0.4) is 0 Å². The van der Waals surface area contributed by atoms with Gasteiger partial charge in [0.1, 0.15) is 0 Å². The second kappa shape index (κ2) is 21.8. The van der Waals surface area contributed by atoms with Crippen LogP contribution in [0.1, 0.15) is 90.9 Å². The van der Waals surface area contributed by atoms with E-state index < -0.39 is 0 Å². The fourth-order valence-electron chi connectivity index (χ4n) is 2.00. The van der Waals surface area contributed by atoms with E-state index in [0.717, 1.165) is 0 Å². The molecule has 116 valence electrons. The maximum absolute atomic E-state index is 2.29. The molecule has 0 saturated heterocycles. The van der Waals surface area contributed by atoms with Crippen LogP contribution in [0, 0.1) is 0 Å². The molecule has 0 aromatic carbocycles. The van der Waals surface area contributed by atoms with Gasteiger partial charge < -0.3 is 0 Å². The Bertz CT molecular complexity index is 127. The van der Waals surface area contributed by atoms with Gasteiger partial charge in [0.05, 0.1) is 0 Å². The molecule has 0 unspecified atom stereocenters. The number of hydrogen-bond acceptors (Lipinski definition) is 2. The standard InChI is InChI=1S/C16H34S2.Sn.2H/c1-3-5-7-9-11-13-15-17-18-16-14-12-10-8-6-4-2;;;/h3-16H2,1-2H3;;;. The van der Waals surface area contributed by atoms with Crippen LogP contribution in [0.5, 0.6) is 0 Å². The Morgan fingerprint density at radius 3 is 1.16 bits per heavy atom. The Hall–Kier alpha value is 1.50. The number of unbranched alkanes of at least 4 members (excludes halogenated alkanes) is 10. The topological polar surface area (TPSA) is 0 Å². The SMILES string of the molecule is CCCCCCCCSSCCCCCCCC.[SnH2]. The Balaban J connectivity index is 0. The second-order valence-corrected chi connectivity index (χ2v) is 7.88. The summed E-state index contributed by atoms with van der Waals surface area (Å²) in [4.78, 5) is 0. The van der Waals surface area contributed by atoms with Gasteiger partial charge in [0, 0.05) is 11.5 Å². The molecule has 0 N–H and O–H groups in total. The molecule has 0 heterocycles. The van der Waals surface area contributed by atoms with Crippen molar-refractivity contribution < 1.29 is 0 Å². The molecule has 0 aliphatic heterocycles. The van der Waals surface area contributed by atoms with Crippen LogP contribution in [-0.2, 0) is 0 Å². The van der Waals surface area contributed by atoms with Crippen molar-refractivity contribution in [2.45, 2.75) is 90.9 Å². The van der Waals surface area contributed by atoms with E-state index >= 15 is 0 Å². The summed E-state index contributed by atoms with van der Waals surface area (Å²) in [6, 6.07) is 0. The molecule has 0 aromatic heterocycles. The Morgan fingerprint density at radius 1 is 0.474 bits per heavy atom. The van der Waals surface area contributed by atoms with Gasteiger partial charge >= 0.3 is 23.9 Å². The molecule has 0 fully saturated rings. The van der Waals surface area contributed by atoms with Gasteiger partial charge in [-0.25, -0.2) is 0 Å². The van der Waals surface area contributed by atoms with Gasteiger partial charge in [-0.1, -0.05) is 99.6 Å². The number of rotatable bonds is 15. The minimum atomic E-state index is 0. The van der Waals surface area contributed by atoms with Crippen molar-refractivity contribution in [3.05, 3.63) is 0 Å². The predicted octanol–water partition coefficient (Wildman–Crippen LogP) is 6.17. The number of hydrogen-bond donors (Lipinski definition) is 0. The summed E-state index contributed by atoms with van der Waals surface area (Å²) in [6.45, 7) is 4.57. The zero-order valence-corrected chi connectivity index (χ0v) is 19.1. The molecular weight excluding hydrogens is 375 g/mol. The van der Waals surface area contributed by atoms with E-state index in [1.54, 1.807) is 0 Å². The molecule has 3 heteroatoms. The Labute approximate surface area is 147 Å². The molecule has 0 amide bonds. The molecule has 0 aliphatic rings. The normalized spacial score (nSPS) is 10.4. The molecule has 0 rings (SSSR count). The van der Waals surface area contributed by atoms with E-state index in [1.807, 2.05) is 0 Å². The van der Waals surface area contributed by atoms with Crippen molar-refractivity contribution in [3.63, 3.8) is 0 Å². The molecule has 19 heavy (non-hydrogen) atoms. The van der Waals surface area contributed by atoms with Gasteiger partial charge in [-0.05, 0) is 12.8 Å². The van der Waals surface area contributed by atoms with E-state index in [-0.39, 0.29) is 23.9 Å². The first-order valence-electron chi connectivity index (χ1n) is 8.16. The van der Waals surface area contributed by atoms with Crippen molar-refractivity contribution >= 4 is 45.5 Å². The van der Waals surface area contributed by atoms with Crippen molar-refractivity contribution in [3.8, 4) is 0 Å². The van der Waals surface area contributed by atoms with Crippen molar-refractivity contribution in [2.24, 2.45) is 0 Å². The fraction of sp³-hybridized carbons (Fsp3) is 1.00. The zero-order valence-electron chi connectivity index (χ0n) is 13.4. The second-order valence-electron chi connectivity index (χ2n) is 5.18. The summed E-state index contributed by atoms with van der Waals surface area (Å²) in [6.07, 6.45) is 17.2.